The quantitative estimate of drug-likeness (QED) is 0.742. The number of nitrogens with one attached hydrogen (secondary N) is 1. The Morgan fingerprint density at radius 1 is 1.50 bits per heavy atom. The molecule has 1 N–H and O–H groups in total. The van der Waals surface area contributed by atoms with Crippen LogP contribution in [0, 0.1) is 5.92 Å². The zero-order valence-corrected chi connectivity index (χ0v) is 11.4. The van der Waals surface area contributed by atoms with Crippen LogP contribution >= 0.6 is 11.8 Å². The van der Waals surface area contributed by atoms with Crippen molar-refractivity contribution in [2.24, 2.45) is 13.0 Å². The zero-order valence-electron chi connectivity index (χ0n) is 10.6. The summed E-state index contributed by atoms with van der Waals surface area (Å²) in [7, 11) is 1.93. The van der Waals surface area contributed by atoms with Gasteiger partial charge in [-0.25, -0.2) is 9.67 Å². The summed E-state index contributed by atoms with van der Waals surface area (Å²) >= 11 is 1.77. The summed E-state index contributed by atoms with van der Waals surface area (Å²) in [6, 6.07) is 0.553. The number of nitrogens with zero attached hydrogens (tertiary/aromatic N) is 3. The van der Waals surface area contributed by atoms with Gasteiger partial charge < -0.3 is 5.32 Å². The Morgan fingerprint density at radius 2 is 2.25 bits per heavy atom. The third-order valence-electron chi connectivity index (χ3n) is 2.86. The minimum absolute atomic E-state index is 0.553. The molecule has 1 rings (SSSR count). The average molecular weight is 242 g/mol. The van der Waals surface area contributed by atoms with Crippen molar-refractivity contribution in [3.05, 3.63) is 6.33 Å². The van der Waals surface area contributed by atoms with Crippen LogP contribution in [0.15, 0.2) is 11.5 Å². The van der Waals surface area contributed by atoms with E-state index in [1.807, 2.05) is 11.7 Å². The first-order valence-corrected chi connectivity index (χ1v) is 6.87. The molecule has 1 aromatic rings. The van der Waals surface area contributed by atoms with Gasteiger partial charge in [-0.3, -0.25) is 0 Å². The lowest BCUT2D eigenvalue weighted by Crippen LogP contribution is -2.36. The lowest BCUT2D eigenvalue weighted by molar-refractivity contribution is 0.403. The summed E-state index contributed by atoms with van der Waals surface area (Å²) in [5.41, 5.74) is 0. The van der Waals surface area contributed by atoms with Gasteiger partial charge in [-0.15, -0.1) is 0 Å². The molecule has 5 heteroatoms. The van der Waals surface area contributed by atoms with Crippen molar-refractivity contribution in [2.45, 2.75) is 38.4 Å². The Hall–Kier alpha value is -0.550. The molecule has 92 valence electrons. The van der Waals surface area contributed by atoms with Crippen LogP contribution in [-0.4, -0.2) is 33.1 Å². The third-order valence-corrected chi connectivity index (χ3v) is 4.01. The Morgan fingerprint density at radius 3 is 2.75 bits per heavy atom. The van der Waals surface area contributed by atoms with Crippen LogP contribution in [-0.2, 0) is 7.05 Å². The Labute approximate surface area is 102 Å². The van der Waals surface area contributed by atoms with Crippen molar-refractivity contribution in [1.29, 1.82) is 0 Å². The molecule has 0 aromatic carbocycles. The van der Waals surface area contributed by atoms with Crippen LogP contribution in [0.1, 0.15) is 27.2 Å². The van der Waals surface area contributed by atoms with E-state index in [2.05, 4.69) is 36.2 Å². The maximum absolute atomic E-state index is 4.22. The van der Waals surface area contributed by atoms with E-state index in [0.29, 0.717) is 12.0 Å². The number of hydrogen-bond acceptors (Lipinski definition) is 4. The van der Waals surface area contributed by atoms with E-state index in [-0.39, 0.29) is 0 Å². The maximum Gasteiger partial charge on any atom is 0.185 e. The molecule has 0 bridgehead atoms. The molecule has 16 heavy (non-hydrogen) atoms. The Kier molecular flexibility index (Phi) is 5.84. The van der Waals surface area contributed by atoms with Crippen molar-refractivity contribution < 1.29 is 0 Å². The molecular weight excluding hydrogens is 220 g/mol. The average Bonchev–Trinajstić information content (AvgIpc) is 2.69. The monoisotopic (exact) mass is 242 g/mol. The predicted molar refractivity (Wildman–Crippen MR) is 68.6 cm³/mol. The number of aromatic nitrogens is 3. The van der Waals surface area contributed by atoms with E-state index in [1.165, 1.54) is 6.42 Å². The molecule has 0 radical (unpaired) electrons. The fourth-order valence-electron chi connectivity index (χ4n) is 1.55. The minimum atomic E-state index is 0.553. The molecule has 2 atom stereocenters. The largest absolute Gasteiger partial charge is 0.313 e. The minimum Gasteiger partial charge on any atom is -0.313 e. The van der Waals surface area contributed by atoms with Gasteiger partial charge in [0.1, 0.15) is 6.33 Å². The highest BCUT2D eigenvalue weighted by Crippen LogP contribution is 2.19. The van der Waals surface area contributed by atoms with Crippen LogP contribution < -0.4 is 5.32 Å². The summed E-state index contributed by atoms with van der Waals surface area (Å²) < 4.78 is 1.82. The number of aryl methyl sites for hydroxylation is 1. The summed E-state index contributed by atoms with van der Waals surface area (Å²) in [5.74, 6) is 1.75. The second-order valence-electron chi connectivity index (χ2n) is 4.03. The molecule has 1 aromatic heterocycles. The van der Waals surface area contributed by atoms with Gasteiger partial charge in [0.2, 0.25) is 0 Å². The molecule has 0 fully saturated rings. The molecule has 0 aliphatic carbocycles. The van der Waals surface area contributed by atoms with E-state index >= 15 is 0 Å². The summed E-state index contributed by atoms with van der Waals surface area (Å²) in [6.45, 7) is 7.71. The van der Waals surface area contributed by atoms with Crippen LogP contribution in [0.2, 0.25) is 0 Å². The van der Waals surface area contributed by atoms with Gasteiger partial charge in [0, 0.05) is 18.8 Å². The van der Waals surface area contributed by atoms with E-state index in [0.717, 1.165) is 17.5 Å². The highest BCUT2D eigenvalue weighted by molar-refractivity contribution is 7.99. The topological polar surface area (TPSA) is 42.7 Å². The molecule has 0 saturated heterocycles. The molecule has 4 nitrogen and oxygen atoms in total. The molecule has 1 heterocycles. The normalized spacial score (nSPS) is 15.0. The van der Waals surface area contributed by atoms with Crippen molar-refractivity contribution in [2.75, 3.05) is 12.3 Å². The van der Waals surface area contributed by atoms with Crippen molar-refractivity contribution in [1.82, 2.24) is 20.1 Å². The first-order chi connectivity index (χ1) is 7.69. The standard InChI is InChI=1S/C11H22N4S/c1-5-9(3)10(12-6-2)7-16-11-13-8-14-15(11)4/h8-10,12H,5-7H2,1-4H3. The fourth-order valence-corrected chi connectivity index (χ4v) is 2.68. The van der Waals surface area contributed by atoms with Gasteiger partial charge >= 0.3 is 0 Å². The number of hydrogen-bond donors (Lipinski definition) is 1. The number of rotatable bonds is 7. The smallest absolute Gasteiger partial charge is 0.185 e. The maximum atomic E-state index is 4.22. The van der Waals surface area contributed by atoms with Crippen LogP contribution in [0.4, 0.5) is 0 Å². The fraction of sp³-hybridized carbons (Fsp3) is 0.818. The Balaban J connectivity index is 2.46. The first-order valence-electron chi connectivity index (χ1n) is 5.89. The second kappa shape index (κ2) is 6.91. The SMILES string of the molecule is CCNC(CSc1ncnn1C)C(C)CC. The van der Waals surface area contributed by atoms with Crippen LogP contribution in [0.25, 0.3) is 0 Å². The summed E-state index contributed by atoms with van der Waals surface area (Å²) in [4.78, 5) is 4.22. The second-order valence-corrected chi connectivity index (χ2v) is 5.01. The summed E-state index contributed by atoms with van der Waals surface area (Å²) in [5, 5.41) is 8.60. The van der Waals surface area contributed by atoms with Crippen molar-refractivity contribution in [3.63, 3.8) is 0 Å². The van der Waals surface area contributed by atoms with Gasteiger partial charge in [0.25, 0.3) is 0 Å². The summed E-state index contributed by atoms with van der Waals surface area (Å²) in [6.07, 6.45) is 2.81. The van der Waals surface area contributed by atoms with Gasteiger partial charge in [-0.2, -0.15) is 5.10 Å². The molecule has 0 saturated carbocycles. The molecule has 0 amide bonds. The molecular formula is C11H22N4S. The van der Waals surface area contributed by atoms with Crippen LogP contribution in [0.5, 0.6) is 0 Å². The Bertz CT molecular complexity index is 300. The van der Waals surface area contributed by atoms with Gasteiger partial charge in [0.15, 0.2) is 5.16 Å². The van der Waals surface area contributed by atoms with E-state index in [9.17, 15) is 0 Å². The zero-order chi connectivity index (χ0) is 12.0. The molecule has 0 aliphatic heterocycles. The van der Waals surface area contributed by atoms with Crippen molar-refractivity contribution in [3.8, 4) is 0 Å². The van der Waals surface area contributed by atoms with Crippen molar-refractivity contribution >= 4 is 11.8 Å². The lowest BCUT2D eigenvalue weighted by Gasteiger charge is -2.23. The third kappa shape index (κ3) is 3.79. The molecule has 2 unspecified atom stereocenters. The molecule has 0 aliphatic rings. The van der Waals surface area contributed by atoms with E-state index < -0.39 is 0 Å². The van der Waals surface area contributed by atoms with Crippen LogP contribution in [0.3, 0.4) is 0 Å². The van der Waals surface area contributed by atoms with Gasteiger partial charge in [-0.05, 0) is 12.5 Å². The van der Waals surface area contributed by atoms with E-state index in [4.69, 9.17) is 0 Å². The first kappa shape index (κ1) is 13.5. The van der Waals surface area contributed by atoms with Gasteiger partial charge in [-0.1, -0.05) is 39.0 Å². The molecule has 0 spiro atoms. The van der Waals surface area contributed by atoms with E-state index in [1.54, 1.807) is 18.1 Å². The lowest BCUT2D eigenvalue weighted by atomic mass is 10.0. The number of thioether (sulfide) groups is 1. The highest BCUT2D eigenvalue weighted by atomic mass is 32.2. The predicted octanol–water partition coefficient (Wildman–Crippen LogP) is 1.93. The highest BCUT2D eigenvalue weighted by Gasteiger charge is 2.15. The van der Waals surface area contributed by atoms with Gasteiger partial charge in [0.05, 0.1) is 0 Å².